The minimum atomic E-state index is -2.31. The summed E-state index contributed by atoms with van der Waals surface area (Å²) in [5.41, 5.74) is 0. The van der Waals surface area contributed by atoms with Gasteiger partial charge in [0.15, 0.2) is 0 Å². The van der Waals surface area contributed by atoms with E-state index in [1.54, 1.807) is 0 Å². The first kappa shape index (κ1) is 34.4. The molecule has 0 aliphatic heterocycles. The second-order valence-electron chi connectivity index (χ2n) is 10.1. The van der Waals surface area contributed by atoms with Crippen LogP contribution in [0.3, 0.4) is 0 Å². The molecule has 0 aromatic heterocycles. The van der Waals surface area contributed by atoms with Gasteiger partial charge in [-0.25, -0.2) is 0 Å². The fourth-order valence-electron chi connectivity index (χ4n) is 3.44. The first-order valence-corrected chi connectivity index (χ1v) is 12.8. The lowest BCUT2D eigenvalue weighted by Gasteiger charge is -2.25. The molecule has 0 aliphatic carbocycles. The molecule has 0 amide bonds. The topological polar surface area (TPSA) is 141 Å². The standard InChI is InChI=1S/C19H42N.C6H12O7/c1-5-6-7-8-9-10-11-12-13-14-15-16-17-18-19-20(2,3)4;7-1-2(8)3(9)4(10)5(11)6(12)13/h5-19H2,1-4H3;2-5,7-11H,1H2,(H,12,13)/q+1;/p-1/t;2-,3-,4+,5-/m.1/s1. The van der Waals surface area contributed by atoms with Gasteiger partial charge in [-0.2, -0.15) is 0 Å². The van der Waals surface area contributed by atoms with E-state index in [0.29, 0.717) is 0 Å². The third-order valence-corrected chi connectivity index (χ3v) is 5.68. The maximum absolute atomic E-state index is 9.98. The number of hydrogen-bond donors (Lipinski definition) is 5. The van der Waals surface area contributed by atoms with Crippen LogP contribution in [0.1, 0.15) is 96.8 Å². The Labute approximate surface area is 201 Å². The summed E-state index contributed by atoms with van der Waals surface area (Å²) in [4.78, 5) is 9.98. The summed E-state index contributed by atoms with van der Waals surface area (Å²) in [5.74, 6) is -1.98. The van der Waals surface area contributed by atoms with Crippen molar-refractivity contribution in [1.29, 1.82) is 0 Å². The molecule has 200 valence electrons. The monoisotopic (exact) mass is 479 g/mol. The van der Waals surface area contributed by atoms with E-state index in [9.17, 15) is 9.90 Å². The molecule has 0 bridgehead atoms. The number of unbranched alkanes of at least 4 members (excludes halogenated alkanes) is 13. The Hall–Kier alpha value is -0.770. The smallest absolute Gasteiger partial charge is 0.122 e. The van der Waals surface area contributed by atoms with Crippen LogP contribution in [0.4, 0.5) is 0 Å². The summed E-state index contributed by atoms with van der Waals surface area (Å²) in [6.07, 6.45) is 12.3. The van der Waals surface area contributed by atoms with E-state index in [0.717, 1.165) is 4.48 Å². The molecule has 33 heavy (non-hydrogen) atoms. The summed E-state index contributed by atoms with van der Waals surface area (Å²) in [6, 6.07) is 0. The van der Waals surface area contributed by atoms with Gasteiger partial charge in [-0.3, -0.25) is 0 Å². The molecule has 0 aromatic carbocycles. The van der Waals surface area contributed by atoms with E-state index < -0.39 is 37.0 Å². The van der Waals surface area contributed by atoms with Gasteiger partial charge in [-0.05, 0) is 12.8 Å². The molecule has 0 rings (SSSR count). The molecule has 4 atom stereocenters. The van der Waals surface area contributed by atoms with Crippen molar-refractivity contribution in [3.63, 3.8) is 0 Å². The van der Waals surface area contributed by atoms with Crippen molar-refractivity contribution in [2.75, 3.05) is 34.3 Å². The zero-order chi connectivity index (χ0) is 25.7. The molecule has 0 aromatic rings. The number of carbonyl (C=O) groups excluding carboxylic acids is 1. The van der Waals surface area contributed by atoms with Crippen LogP contribution in [0.2, 0.25) is 0 Å². The van der Waals surface area contributed by atoms with E-state index in [2.05, 4.69) is 28.1 Å². The number of hydrogen-bond acceptors (Lipinski definition) is 7. The highest BCUT2D eigenvalue weighted by atomic mass is 16.4. The molecule has 5 N–H and O–H groups in total. The van der Waals surface area contributed by atoms with Gasteiger partial charge in [0, 0.05) is 0 Å². The van der Waals surface area contributed by atoms with Crippen molar-refractivity contribution in [3.8, 4) is 0 Å². The van der Waals surface area contributed by atoms with Crippen LogP contribution in [0.5, 0.6) is 0 Å². The Morgan fingerprint density at radius 1 is 0.697 bits per heavy atom. The molecule has 0 heterocycles. The Balaban J connectivity index is 0. The molecule has 0 fully saturated rings. The van der Waals surface area contributed by atoms with Crippen LogP contribution in [0, 0.1) is 0 Å². The van der Waals surface area contributed by atoms with Crippen LogP contribution in [-0.4, -0.2) is 94.7 Å². The van der Waals surface area contributed by atoms with E-state index in [4.69, 9.17) is 25.5 Å². The first-order valence-electron chi connectivity index (χ1n) is 12.8. The highest BCUT2D eigenvalue weighted by molar-refractivity contribution is 5.70. The normalized spacial score (nSPS) is 15.3. The lowest BCUT2D eigenvalue weighted by atomic mass is 10.0. The fourth-order valence-corrected chi connectivity index (χ4v) is 3.44. The molecular weight excluding hydrogens is 426 g/mol. The van der Waals surface area contributed by atoms with Crippen molar-refractivity contribution in [2.24, 2.45) is 0 Å². The van der Waals surface area contributed by atoms with E-state index in [1.165, 1.54) is 96.4 Å². The molecule has 0 saturated carbocycles. The number of carboxylic acids is 1. The highest BCUT2D eigenvalue weighted by Crippen LogP contribution is 2.13. The quantitative estimate of drug-likeness (QED) is 0.131. The van der Waals surface area contributed by atoms with Crippen LogP contribution < -0.4 is 5.11 Å². The van der Waals surface area contributed by atoms with Gasteiger partial charge in [0.05, 0.1) is 40.3 Å². The van der Waals surface area contributed by atoms with Crippen molar-refractivity contribution >= 4 is 5.97 Å². The van der Waals surface area contributed by atoms with Gasteiger partial charge in [0.25, 0.3) is 0 Å². The number of carboxylic acid groups (broad SMARTS) is 1. The first-order chi connectivity index (χ1) is 15.5. The van der Waals surface area contributed by atoms with Crippen LogP contribution >= 0.6 is 0 Å². The molecule has 0 radical (unpaired) electrons. The molecule has 8 nitrogen and oxygen atoms in total. The average Bonchev–Trinajstić information content (AvgIpc) is 2.76. The Bertz CT molecular complexity index is 443. The van der Waals surface area contributed by atoms with Crippen LogP contribution in [0.15, 0.2) is 0 Å². The SMILES string of the molecule is CCCCCCCCCCCCCCCC[N+](C)(C)C.O=C([O-])[C@H](O)[C@@H](O)[C@H](O)[C@H](O)CO. The van der Waals surface area contributed by atoms with Crippen molar-refractivity contribution in [1.82, 2.24) is 0 Å². The molecule has 8 heteroatoms. The number of rotatable bonds is 20. The third-order valence-electron chi connectivity index (χ3n) is 5.68. The van der Waals surface area contributed by atoms with Gasteiger partial charge in [0.2, 0.25) is 0 Å². The average molecular weight is 480 g/mol. The number of carbonyl (C=O) groups is 1. The van der Waals surface area contributed by atoms with Crippen LogP contribution in [0.25, 0.3) is 0 Å². The van der Waals surface area contributed by atoms with E-state index >= 15 is 0 Å². The Kier molecular flexibility index (Phi) is 22.7. The highest BCUT2D eigenvalue weighted by Gasteiger charge is 2.30. The lowest BCUT2D eigenvalue weighted by Crippen LogP contribution is -2.52. The van der Waals surface area contributed by atoms with Gasteiger partial charge >= 0.3 is 0 Å². The van der Waals surface area contributed by atoms with Gasteiger partial charge in [-0.15, -0.1) is 0 Å². The van der Waals surface area contributed by atoms with E-state index in [-0.39, 0.29) is 0 Å². The molecule has 0 aliphatic rings. The maximum Gasteiger partial charge on any atom is 0.122 e. The number of aliphatic carboxylic acids is 1. The zero-order valence-corrected chi connectivity index (χ0v) is 21.6. The maximum atomic E-state index is 9.98. The number of aliphatic hydroxyl groups excluding tert-OH is 5. The second-order valence-corrected chi connectivity index (χ2v) is 10.1. The van der Waals surface area contributed by atoms with E-state index in [1.807, 2.05) is 0 Å². The van der Waals surface area contributed by atoms with Crippen LogP contribution in [-0.2, 0) is 4.79 Å². The second kappa shape index (κ2) is 21.7. The molecule has 0 saturated heterocycles. The minimum Gasteiger partial charge on any atom is -0.547 e. The predicted molar refractivity (Wildman–Crippen MR) is 129 cm³/mol. The zero-order valence-electron chi connectivity index (χ0n) is 21.6. The van der Waals surface area contributed by atoms with Crippen molar-refractivity contribution in [3.05, 3.63) is 0 Å². The molecule has 0 spiro atoms. The molecule has 0 unspecified atom stereocenters. The Morgan fingerprint density at radius 2 is 1.06 bits per heavy atom. The lowest BCUT2D eigenvalue weighted by molar-refractivity contribution is -0.870. The Morgan fingerprint density at radius 3 is 1.36 bits per heavy atom. The van der Waals surface area contributed by atoms with Gasteiger partial charge in [0.1, 0.15) is 24.4 Å². The number of nitrogens with zero attached hydrogens (tertiary/aromatic N) is 1. The van der Waals surface area contributed by atoms with Gasteiger partial charge < -0.3 is 39.9 Å². The summed E-state index contributed by atoms with van der Waals surface area (Å²) in [5, 5.41) is 53.4. The predicted octanol–water partition coefficient (Wildman–Crippen LogP) is 1.35. The third kappa shape index (κ3) is 22.8. The van der Waals surface area contributed by atoms with Crippen molar-refractivity contribution in [2.45, 2.75) is 121 Å². The summed E-state index contributed by atoms with van der Waals surface area (Å²) in [7, 11) is 6.88. The summed E-state index contributed by atoms with van der Waals surface area (Å²) < 4.78 is 1.12. The largest absolute Gasteiger partial charge is 0.547 e. The fraction of sp³-hybridized carbons (Fsp3) is 0.960. The number of quaternary nitrogens is 1. The minimum absolute atomic E-state index is 0.863. The molecular formula is C25H53NO7. The summed E-state index contributed by atoms with van der Waals surface area (Å²) >= 11 is 0. The summed E-state index contributed by atoms with van der Waals surface area (Å²) in [6.45, 7) is 2.76. The number of aliphatic hydroxyl groups is 5. The van der Waals surface area contributed by atoms with Gasteiger partial charge in [-0.1, -0.05) is 84.0 Å². The van der Waals surface area contributed by atoms with Crippen molar-refractivity contribution < 1.29 is 39.9 Å².